The van der Waals surface area contributed by atoms with Crippen LogP contribution in [0.1, 0.15) is 89.5 Å². The standard InChI is InChI=1S/C23H35N3O/c1-2-3-4-5-6-7-8-9-10-11-12-17-23(27)26-25-19-20-18-24-22-16-14-13-15-21(20)22/h13-16,18-19,24H,2-12,17H2,1H3,(H,26,27). The van der Waals surface area contributed by atoms with Gasteiger partial charge in [-0.15, -0.1) is 0 Å². The highest BCUT2D eigenvalue weighted by molar-refractivity contribution is 5.99. The van der Waals surface area contributed by atoms with E-state index in [9.17, 15) is 4.79 Å². The van der Waals surface area contributed by atoms with Crippen molar-refractivity contribution in [1.82, 2.24) is 10.4 Å². The molecule has 2 N–H and O–H groups in total. The molecule has 0 aliphatic carbocycles. The number of hydrogen-bond acceptors (Lipinski definition) is 2. The molecule has 1 aromatic carbocycles. The van der Waals surface area contributed by atoms with Gasteiger partial charge in [0.2, 0.25) is 5.91 Å². The van der Waals surface area contributed by atoms with Crippen molar-refractivity contribution in [2.24, 2.45) is 5.10 Å². The number of unbranched alkanes of at least 4 members (excludes halogenated alkanes) is 10. The third-order valence-corrected chi connectivity index (χ3v) is 5.02. The summed E-state index contributed by atoms with van der Waals surface area (Å²) in [5.74, 6) is 0.00187. The molecule has 1 aromatic heterocycles. The van der Waals surface area contributed by atoms with E-state index in [4.69, 9.17) is 0 Å². The van der Waals surface area contributed by atoms with E-state index in [2.05, 4.69) is 22.4 Å². The number of fused-ring (bicyclic) bond motifs is 1. The number of hydrazone groups is 1. The lowest BCUT2D eigenvalue weighted by atomic mass is 10.1. The summed E-state index contributed by atoms with van der Waals surface area (Å²) >= 11 is 0. The zero-order valence-corrected chi connectivity index (χ0v) is 16.8. The Bertz CT molecular complexity index is 690. The molecule has 4 nitrogen and oxygen atoms in total. The van der Waals surface area contributed by atoms with Crippen molar-refractivity contribution in [3.63, 3.8) is 0 Å². The highest BCUT2D eigenvalue weighted by atomic mass is 16.2. The maximum atomic E-state index is 11.9. The lowest BCUT2D eigenvalue weighted by molar-refractivity contribution is -0.121. The van der Waals surface area contributed by atoms with E-state index < -0.39 is 0 Å². The summed E-state index contributed by atoms with van der Waals surface area (Å²) in [6.45, 7) is 2.26. The molecule has 4 heteroatoms. The van der Waals surface area contributed by atoms with E-state index in [1.807, 2.05) is 30.5 Å². The average molecular weight is 370 g/mol. The Morgan fingerprint density at radius 2 is 1.59 bits per heavy atom. The fourth-order valence-corrected chi connectivity index (χ4v) is 3.38. The van der Waals surface area contributed by atoms with Gasteiger partial charge in [0.15, 0.2) is 0 Å². The normalized spacial score (nSPS) is 11.4. The smallest absolute Gasteiger partial charge is 0.240 e. The van der Waals surface area contributed by atoms with Crippen LogP contribution in [0, 0.1) is 0 Å². The number of carbonyl (C=O) groups excluding carboxylic acids is 1. The first-order valence-corrected chi connectivity index (χ1v) is 10.7. The molecule has 0 spiro atoms. The van der Waals surface area contributed by atoms with E-state index in [1.54, 1.807) is 6.21 Å². The predicted octanol–water partition coefficient (Wildman–Crippen LogP) is 6.32. The molecule has 0 saturated carbocycles. The van der Waals surface area contributed by atoms with E-state index in [0.29, 0.717) is 6.42 Å². The van der Waals surface area contributed by atoms with Gasteiger partial charge in [0.1, 0.15) is 0 Å². The monoisotopic (exact) mass is 369 g/mol. The summed E-state index contributed by atoms with van der Waals surface area (Å²) in [6.07, 6.45) is 18.4. The van der Waals surface area contributed by atoms with E-state index in [-0.39, 0.29) is 5.91 Å². The second-order valence-electron chi connectivity index (χ2n) is 7.37. The van der Waals surface area contributed by atoms with Gasteiger partial charge in [0, 0.05) is 29.1 Å². The first kappa shape index (κ1) is 21.2. The Morgan fingerprint density at radius 3 is 2.30 bits per heavy atom. The summed E-state index contributed by atoms with van der Waals surface area (Å²) in [5.41, 5.74) is 4.70. The molecule has 0 aliphatic heterocycles. The maximum absolute atomic E-state index is 11.9. The first-order valence-electron chi connectivity index (χ1n) is 10.7. The van der Waals surface area contributed by atoms with Crippen molar-refractivity contribution in [1.29, 1.82) is 0 Å². The van der Waals surface area contributed by atoms with Crippen LogP contribution >= 0.6 is 0 Å². The fraction of sp³-hybridized carbons (Fsp3) is 0.565. The van der Waals surface area contributed by atoms with Gasteiger partial charge in [0.05, 0.1) is 6.21 Å². The Hall–Kier alpha value is -2.10. The third kappa shape index (κ3) is 8.42. The Morgan fingerprint density at radius 1 is 0.963 bits per heavy atom. The fourth-order valence-electron chi connectivity index (χ4n) is 3.38. The van der Waals surface area contributed by atoms with Gasteiger partial charge in [-0.1, -0.05) is 89.3 Å². The zero-order valence-electron chi connectivity index (χ0n) is 16.8. The molecular formula is C23H35N3O. The van der Waals surface area contributed by atoms with Crippen LogP contribution in [0.25, 0.3) is 10.9 Å². The highest BCUT2D eigenvalue weighted by Gasteiger charge is 2.01. The van der Waals surface area contributed by atoms with Gasteiger partial charge in [-0.25, -0.2) is 5.43 Å². The van der Waals surface area contributed by atoms with Crippen molar-refractivity contribution < 1.29 is 4.79 Å². The van der Waals surface area contributed by atoms with Gasteiger partial charge in [0.25, 0.3) is 0 Å². The second kappa shape index (κ2) is 13.1. The lowest BCUT2D eigenvalue weighted by Crippen LogP contribution is -2.16. The Kier molecular flexibility index (Phi) is 10.3. The zero-order chi connectivity index (χ0) is 19.2. The van der Waals surface area contributed by atoms with Crippen LogP contribution in [0.15, 0.2) is 35.6 Å². The quantitative estimate of drug-likeness (QED) is 0.228. The van der Waals surface area contributed by atoms with Crippen molar-refractivity contribution in [3.05, 3.63) is 36.0 Å². The molecule has 0 radical (unpaired) electrons. The lowest BCUT2D eigenvalue weighted by Gasteiger charge is -2.02. The molecule has 0 fully saturated rings. The molecule has 1 amide bonds. The molecule has 2 rings (SSSR count). The number of carbonyl (C=O) groups is 1. The largest absolute Gasteiger partial charge is 0.361 e. The molecule has 148 valence electrons. The minimum Gasteiger partial charge on any atom is -0.361 e. The first-order chi connectivity index (χ1) is 13.3. The number of aromatic amines is 1. The summed E-state index contributed by atoms with van der Waals surface area (Å²) < 4.78 is 0. The molecule has 0 atom stereocenters. The van der Waals surface area contributed by atoms with Crippen LogP contribution in [0.3, 0.4) is 0 Å². The summed E-state index contributed by atoms with van der Waals surface area (Å²) in [7, 11) is 0. The molecule has 0 aliphatic rings. The molecule has 27 heavy (non-hydrogen) atoms. The number of aromatic nitrogens is 1. The van der Waals surface area contributed by atoms with Crippen LogP contribution in [-0.4, -0.2) is 17.1 Å². The van der Waals surface area contributed by atoms with Gasteiger partial charge < -0.3 is 4.98 Å². The van der Waals surface area contributed by atoms with Crippen molar-refractivity contribution in [2.75, 3.05) is 0 Å². The second-order valence-corrected chi connectivity index (χ2v) is 7.37. The molecule has 0 unspecified atom stereocenters. The molecule has 0 bridgehead atoms. The number of rotatable bonds is 14. The van der Waals surface area contributed by atoms with E-state index in [0.717, 1.165) is 29.3 Å². The number of nitrogens with zero attached hydrogens (tertiary/aromatic N) is 1. The number of H-pyrrole nitrogens is 1. The van der Waals surface area contributed by atoms with Crippen LogP contribution in [0.2, 0.25) is 0 Å². The summed E-state index contributed by atoms with van der Waals surface area (Å²) in [6, 6.07) is 8.06. The van der Waals surface area contributed by atoms with Crippen LogP contribution in [0.5, 0.6) is 0 Å². The Labute approximate surface area is 163 Å². The maximum Gasteiger partial charge on any atom is 0.240 e. The number of amides is 1. The van der Waals surface area contributed by atoms with E-state index in [1.165, 1.54) is 57.8 Å². The number of nitrogens with one attached hydrogen (secondary N) is 2. The van der Waals surface area contributed by atoms with Crippen LogP contribution < -0.4 is 5.43 Å². The number of benzene rings is 1. The van der Waals surface area contributed by atoms with Crippen molar-refractivity contribution in [2.45, 2.75) is 84.0 Å². The van der Waals surface area contributed by atoms with Crippen LogP contribution in [-0.2, 0) is 4.79 Å². The van der Waals surface area contributed by atoms with Crippen molar-refractivity contribution in [3.8, 4) is 0 Å². The number of para-hydroxylation sites is 1. The minimum absolute atomic E-state index is 0.00187. The molecule has 2 aromatic rings. The SMILES string of the molecule is CCCCCCCCCCCCCC(=O)NN=Cc1c[nH]c2ccccc12. The topological polar surface area (TPSA) is 57.2 Å². The van der Waals surface area contributed by atoms with Crippen molar-refractivity contribution >= 4 is 23.0 Å². The molecule has 1 heterocycles. The highest BCUT2D eigenvalue weighted by Crippen LogP contribution is 2.15. The predicted molar refractivity (Wildman–Crippen MR) is 115 cm³/mol. The molecule has 0 saturated heterocycles. The Balaban J connectivity index is 1.48. The average Bonchev–Trinajstić information content (AvgIpc) is 3.09. The van der Waals surface area contributed by atoms with Gasteiger partial charge in [-0.05, 0) is 12.5 Å². The summed E-state index contributed by atoms with van der Waals surface area (Å²) in [5, 5.41) is 5.20. The molecular weight excluding hydrogens is 334 g/mol. The third-order valence-electron chi connectivity index (χ3n) is 5.02. The minimum atomic E-state index is 0.00187. The van der Waals surface area contributed by atoms with Gasteiger partial charge >= 0.3 is 0 Å². The number of hydrogen-bond donors (Lipinski definition) is 2. The van der Waals surface area contributed by atoms with Crippen LogP contribution in [0.4, 0.5) is 0 Å². The van der Waals surface area contributed by atoms with E-state index >= 15 is 0 Å². The van der Waals surface area contributed by atoms with Gasteiger partial charge in [-0.2, -0.15) is 5.10 Å². The van der Waals surface area contributed by atoms with Gasteiger partial charge in [-0.3, -0.25) is 4.79 Å². The summed E-state index contributed by atoms with van der Waals surface area (Å²) in [4.78, 5) is 15.1.